The number of benzene rings is 2. The van der Waals surface area contributed by atoms with E-state index < -0.39 is 0 Å². The molecule has 0 unspecified atom stereocenters. The van der Waals surface area contributed by atoms with Crippen molar-refractivity contribution in [2.45, 2.75) is 36.0 Å². The molecular weight excluding hydrogens is 364 g/mol. The number of amides is 1. The lowest BCUT2D eigenvalue weighted by Crippen LogP contribution is -2.12. The highest BCUT2D eigenvalue weighted by atomic mass is 32.2. The minimum absolute atomic E-state index is 0.0959. The molecule has 0 bridgehead atoms. The van der Waals surface area contributed by atoms with Crippen LogP contribution in [0.5, 0.6) is 0 Å². The van der Waals surface area contributed by atoms with E-state index in [1.807, 2.05) is 36.4 Å². The second-order valence-electron chi connectivity index (χ2n) is 6.78. The fourth-order valence-electron chi connectivity index (χ4n) is 2.14. The first-order valence-electron chi connectivity index (χ1n) is 8.11. The van der Waals surface area contributed by atoms with Crippen LogP contribution in [0.4, 0.5) is 10.8 Å². The van der Waals surface area contributed by atoms with Crippen molar-refractivity contribution in [2.75, 3.05) is 11.1 Å². The van der Waals surface area contributed by atoms with Crippen LogP contribution in [0.15, 0.2) is 58.3 Å². The van der Waals surface area contributed by atoms with E-state index >= 15 is 0 Å². The molecule has 7 heteroatoms. The lowest BCUT2D eigenvalue weighted by molar-refractivity contribution is 0.102. The number of hydrogen-bond donors (Lipinski definition) is 2. The van der Waals surface area contributed by atoms with E-state index in [4.69, 9.17) is 5.73 Å². The summed E-state index contributed by atoms with van der Waals surface area (Å²) < 4.78 is 0. The lowest BCUT2D eigenvalue weighted by Gasteiger charge is -2.12. The van der Waals surface area contributed by atoms with Crippen LogP contribution in [-0.4, -0.2) is 16.1 Å². The standard InChI is InChI=1S/C19H20N4OS2/c1-19(2,3)17-22-23-18(26-17)21-16(24)12-9-10-15(14(20)11-12)25-13-7-5-4-6-8-13/h4-11H,20H2,1-3H3,(H,21,23,24). The molecule has 134 valence electrons. The van der Waals surface area contributed by atoms with E-state index in [9.17, 15) is 4.79 Å². The van der Waals surface area contributed by atoms with E-state index in [0.717, 1.165) is 14.8 Å². The van der Waals surface area contributed by atoms with Gasteiger partial charge in [-0.2, -0.15) is 0 Å². The van der Waals surface area contributed by atoms with Gasteiger partial charge in [-0.15, -0.1) is 10.2 Å². The van der Waals surface area contributed by atoms with E-state index in [2.05, 4.69) is 36.3 Å². The number of aromatic nitrogens is 2. The average Bonchev–Trinajstić information content (AvgIpc) is 3.06. The van der Waals surface area contributed by atoms with Gasteiger partial charge in [0.1, 0.15) is 5.01 Å². The average molecular weight is 385 g/mol. The number of carbonyl (C=O) groups is 1. The van der Waals surface area contributed by atoms with E-state index in [0.29, 0.717) is 16.4 Å². The summed E-state index contributed by atoms with van der Waals surface area (Å²) in [6, 6.07) is 15.3. The summed E-state index contributed by atoms with van der Waals surface area (Å²) in [5, 5.41) is 12.3. The molecule has 0 fully saturated rings. The Labute approximate surface area is 161 Å². The van der Waals surface area contributed by atoms with Crippen LogP contribution >= 0.6 is 23.1 Å². The Bertz CT molecular complexity index is 917. The molecular formula is C19H20N4OS2. The van der Waals surface area contributed by atoms with Crippen LogP contribution in [0.1, 0.15) is 36.1 Å². The number of anilines is 2. The van der Waals surface area contributed by atoms with Gasteiger partial charge in [0.15, 0.2) is 0 Å². The molecule has 0 aliphatic carbocycles. The highest BCUT2D eigenvalue weighted by Gasteiger charge is 2.20. The highest BCUT2D eigenvalue weighted by Crippen LogP contribution is 2.33. The number of nitrogens with zero attached hydrogens (tertiary/aromatic N) is 2. The van der Waals surface area contributed by atoms with Crippen LogP contribution in [0.3, 0.4) is 0 Å². The van der Waals surface area contributed by atoms with Crippen molar-refractivity contribution in [3.63, 3.8) is 0 Å². The van der Waals surface area contributed by atoms with Gasteiger partial charge in [-0.1, -0.05) is 62.1 Å². The van der Waals surface area contributed by atoms with Crippen molar-refractivity contribution in [3.8, 4) is 0 Å². The topological polar surface area (TPSA) is 80.9 Å². The predicted octanol–water partition coefficient (Wildman–Crippen LogP) is 4.82. The number of carbonyl (C=O) groups excluding carboxylic acids is 1. The molecule has 0 radical (unpaired) electrons. The summed E-state index contributed by atoms with van der Waals surface area (Å²) in [7, 11) is 0. The van der Waals surface area contributed by atoms with Crippen molar-refractivity contribution in [1.82, 2.24) is 10.2 Å². The highest BCUT2D eigenvalue weighted by molar-refractivity contribution is 7.99. The molecule has 3 aromatic rings. The first-order chi connectivity index (χ1) is 12.3. The normalized spacial score (nSPS) is 11.3. The number of rotatable bonds is 4. The van der Waals surface area contributed by atoms with Gasteiger partial charge in [0.25, 0.3) is 5.91 Å². The first-order valence-corrected chi connectivity index (χ1v) is 9.74. The zero-order valence-corrected chi connectivity index (χ0v) is 16.4. The molecule has 5 nitrogen and oxygen atoms in total. The Morgan fingerprint density at radius 1 is 1.12 bits per heavy atom. The minimum atomic E-state index is -0.246. The molecule has 1 aromatic heterocycles. The molecule has 0 saturated heterocycles. The van der Waals surface area contributed by atoms with Gasteiger partial charge in [0, 0.05) is 26.5 Å². The van der Waals surface area contributed by atoms with Gasteiger partial charge in [0.05, 0.1) is 0 Å². The van der Waals surface area contributed by atoms with Crippen LogP contribution in [0.2, 0.25) is 0 Å². The summed E-state index contributed by atoms with van der Waals surface area (Å²) in [4.78, 5) is 14.5. The van der Waals surface area contributed by atoms with Crippen LogP contribution in [0, 0.1) is 0 Å². The third-order valence-corrected chi connectivity index (χ3v) is 5.89. The zero-order valence-electron chi connectivity index (χ0n) is 14.8. The summed E-state index contributed by atoms with van der Waals surface area (Å²) >= 11 is 2.95. The molecule has 1 amide bonds. The first kappa shape index (κ1) is 18.4. The van der Waals surface area contributed by atoms with Crippen LogP contribution in [-0.2, 0) is 5.41 Å². The largest absolute Gasteiger partial charge is 0.398 e. The molecule has 0 saturated carbocycles. The molecule has 3 N–H and O–H groups in total. The Morgan fingerprint density at radius 2 is 1.85 bits per heavy atom. The number of hydrogen-bond acceptors (Lipinski definition) is 6. The predicted molar refractivity (Wildman–Crippen MR) is 108 cm³/mol. The fourth-order valence-corrected chi connectivity index (χ4v) is 3.80. The monoisotopic (exact) mass is 384 g/mol. The van der Waals surface area contributed by atoms with Gasteiger partial charge < -0.3 is 5.73 Å². The van der Waals surface area contributed by atoms with Gasteiger partial charge in [0.2, 0.25) is 5.13 Å². The Kier molecular flexibility index (Phi) is 5.29. The fraction of sp³-hybridized carbons (Fsp3) is 0.211. The summed E-state index contributed by atoms with van der Waals surface area (Å²) in [6.45, 7) is 6.18. The van der Waals surface area contributed by atoms with Crippen molar-refractivity contribution in [1.29, 1.82) is 0 Å². The third-order valence-electron chi connectivity index (χ3n) is 3.53. The van der Waals surface area contributed by atoms with E-state index in [1.165, 1.54) is 11.3 Å². The van der Waals surface area contributed by atoms with Crippen LogP contribution in [0.25, 0.3) is 0 Å². The van der Waals surface area contributed by atoms with Gasteiger partial charge >= 0.3 is 0 Å². The Morgan fingerprint density at radius 3 is 2.46 bits per heavy atom. The second kappa shape index (κ2) is 7.47. The second-order valence-corrected chi connectivity index (χ2v) is 8.88. The lowest BCUT2D eigenvalue weighted by atomic mass is 9.98. The van der Waals surface area contributed by atoms with E-state index in [-0.39, 0.29) is 11.3 Å². The Balaban J connectivity index is 1.72. The maximum absolute atomic E-state index is 12.5. The van der Waals surface area contributed by atoms with Gasteiger partial charge in [-0.25, -0.2) is 0 Å². The van der Waals surface area contributed by atoms with Crippen molar-refractivity contribution in [3.05, 3.63) is 59.1 Å². The molecule has 2 aromatic carbocycles. The number of nitrogen functional groups attached to an aromatic ring is 1. The third kappa shape index (κ3) is 4.42. The molecule has 0 aliphatic rings. The minimum Gasteiger partial charge on any atom is -0.398 e. The van der Waals surface area contributed by atoms with Crippen molar-refractivity contribution >= 4 is 39.8 Å². The van der Waals surface area contributed by atoms with Crippen LogP contribution < -0.4 is 11.1 Å². The van der Waals surface area contributed by atoms with Crippen molar-refractivity contribution < 1.29 is 4.79 Å². The summed E-state index contributed by atoms with van der Waals surface area (Å²) in [5.74, 6) is -0.246. The number of nitrogens with two attached hydrogens (primary N) is 1. The molecule has 26 heavy (non-hydrogen) atoms. The maximum Gasteiger partial charge on any atom is 0.257 e. The summed E-state index contributed by atoms with van der Waals surface area (Å²) in [5.41, 5.74) is 7.10. The van der Waals surface area contributed by atoms with E-state index in [1.54, 1.807) is 23.9 Å². The molecule has 1 heterocycles. The SMILES string of the molecule is CC(C)(C)c1nnc(NC(=O)c2ccc(Sc3ccccc3)c(N)c2)s1. The molecule has 0 spiro atoms. The summed E-state index contributed by atoms with van der Waals surface area (Å²) in [6.07, 6.45) is 0. The van der Waals surface area contributed by atoms with Crippen molar-refractivity contribution in [2.24, 2.45) is 0 Å². The number of nitrogens with one attached hydrogen (secondary N) is 1. The molecule has 0 aliphatic heterocycles. The smallest absolute Gasteiger partial charge is 0.257 e. The maximum atomic E-state index is 12.5. The molecule has 3 rings (SSSR count). The Hall–Kier alpha value is -2.38. The van der Waals surface area contributed by atoms with Gasteiger partial charge in [-0.05, 0) is 30.3 Å². The quantitative estimate of drug-likeness (QED) is 0.630. The zero-order chi connectivity index (χ0) is 18.7. The van der Waals surface area contributed by atoms with Gasteiger partial charge in [-0.3, -0.25) is 10.1 Å². The molecule has 0 atom stereocenters.